The van der Waals surface area contributed by atoms with Crippen LogP contribution in [0.25, 0.3) is 5.57 Å². The highest BCUT2D eigenvalue weighted by atomic mass is 32.2. The summed E-state index contributed by atoms with van der Waals surface area (Å²) in [5, 5.41) is 2.90. The molecule has 0 aliphatic carbocycles. The SMILES string of the molecule is C[C@@H](c1ccccc1)N1C(=O)/C(=C2/C(=O)N(CC(=O)NCCc3ccccc3)c3ccccc32)SC1=S. The molecule has 6 nitrogen and oxygen atoms in total. The van der Waals surface area contributed by atoms with E-state index in [0.29, 0.717) is 39.0 Å². The number of anilines is 1. The van der Waals surface area contributed by atoms with E-state index in [1.54, 1.807) is 11.0 Å². The first-order valence-electron chi connectivity index (χ1n) is 12.0. The number of amides is 3. The second-order valence-corrected chi connectivity index (χ2v) is 10.5. The van der Waals surface area contributed by atoms with Crippen molar-refractivity contribution in [3.05, 3.63) is 107 Å². The van der Waals surface area contributed by atoms with Gasteiger partial charge in [0.05, 0.1) is 22.2 Å². The molecule has 1 N–H and O–H groups in total. The summed E-state index contributed by atoms with van der Waals surface area (Å²) in [6.07, 6.45) is 0.699. The molecule has 186 valence electrons. The zero-order chi connectivity index (χ0) is 25.9. The van der Waals surface area contributed by atoms with Crippen molar-refractivity contribution >= 4 is 57.3 Å². The van der Waals surface area contributed by atoms with Gasteiger partial charge in [-0.1, -0.05) is 103 Å². The molecule has 1 fully saturated rings. The lowest BCUT2D eigenvalue weighted by Gasteiger charge is -2.23. The zero-order valence-corrected chi connectivity index (χ0v) is 21.9. The van der Waals surface area contributed by atoms with Gasteiger partial charge in [0.15, 0.2) is 0 Å². The fourth-order valence-electron chi connectivity index (χ4n) is 4.59. The van der Waals surface area contributed by atoms with E-state index >= 15 is 0 Å². The van der Waals surface area contributed by atoms with Crippen LogP contribution in [-0.2, 0) is 20.8 Å². The second kappa shape index (κ2) is 10.7. The normalized spacial score (nSPS) is 17.8. The molecule has 3 amide bonds. The van der Waals surface area contributed by atoms with Crippen LogP contribution in [0.2, 0.25) is 0 Å². The van der Waals surface area contributed by atoms with Gasteiger partial charge in [-0.2, -0.15) is 0 Å². The maximum Gasteiger partial charge on any atom is 0.267 e. The van der Waals surface area contributed by atoms with Crippen LogP contribution in [0.5, 0.6) is 0 Å². The molecule has 2 aliphatic heterocycles. The van der Waals surface area contributed by atoms with Crippen molar-refractivity contribution < 1.29 is 14.4 Å². The zero-order valence-electron chi connectivity index (χ0n) is 20.2. The number of carbonyl (C=O) groups excluding carboxylic acids is 3. The Kier molecular flexibility index (Phi) is 7.21. The third-order valence-corrected chi connectivity index (χ3v) is 7.90. The molecule has 0 aromatic heterocycles. The van der Waals surface area contributed by atoms with Crippen molar-refractivity contribution in [3.8, 4) is 0 Å². The number of benzene rings is 3. The lowest BCUT2D eigenvalue weighted by atomic mass is 10.1. The van der Waals surface area contributed by atoms with Crippen LogP contribution in [-0.4, -0.2) is 40.0 Å². The van der Waals surface area contributed by atoms with Crippen LogP contribution in [0.4, 0.5) is 5.69 Å². The van der Waals surface area contributed by atoms with Crippen LogP contribution in [0.15, 0.2) is 89.8 Å². The molecule has 3 aromatic carbocycles. The Hall–Kier alpha value is -3.75. The van der Waals surface area contributed by atoms with Gasteiger partial charge in [0, 0.05) is 12.1 Å². The molecule has 0 saturated carbocycles. The highest BCUT2D eigenvalue weighted by molar-refractivity contribution is 8.26. The fourth-order valence-corrected chi connectivity index (χ4v) is 6.08. The minimum absolute atomic E-state index is 0.130. The van der Waals surface area contributed by atoms with Crippen LogP contribution in [0.3, 0.4) is 0 Å². The molecular formula is C29H25N3O3S2. The van der Waals surface area contributed by atoms with Crippen molar-refractivity contribution in [2.75, 3.05) is 18.0 Å². The van der Waals surface area contributed by atoms with Gasteiger partial charge in [-0.05, 0) is 30.5 Å². The van der Waals surface area contributed by atoms with Crippen LogP contribution < -0.4 is 10.2 Å². The Morgan fingerprint density at radius 2 is 1.57 bits per heavy atom. The molecule has 0 spiro atoms. The summed E-state index contributed by atoms with van der Waals surface area (Å²) in [5.74, 6) is -0.920. The summed E-state index contributed by atoms with van der Waals surface area (Å²) in [6.45, 7) is 2.26. The lowest BCUT2D eigenvalue weighted by molar-refractivity contribution is -0.123. The first-order valence-corrected chi connectivity index (χ1v) is 13.2. The number of thioether (sulfide) groups is 1. The quantitative estimate of drug-likeness (QED) is 0.356. The van der Waals surface area contributed by atoms with Gasteiger partial charge in [0.25, 0.3) is 11.8 Å². The van der Waals surface area contributed by atoms with Crippen molar-refractivity contribution in [1.29, 1.82) is 0 Å². The van der Waals surface area contributed by atoms with Gasteiger partial charge < -0.3 is 5.32 Å². The third kappa shape index (κ3) is 4.95. The van der Waals surface area contributed by atoms with Crippen LogP contribution >= 0.6 is 24.0 Å². The number of carbonyl (C=O) groups is 3. The maximum absolute atomic E-state index is 13.6. The van der Waals surface area contributed by atoms with Gasteiger partial charge >= 0.3 is 0 Å². The second-order valence-electron chi connectivity index (χ2n) is 8.83. The molecule has 0 radical (unpaired) electrons. The lowest BCUT2D eigenvalue weighted by Crippen LogP contribution is -2.39. The first kappa shape index (κ1) is 24.9. The average Bonchev–Trinajstić information content (AvgIpc) is 3.36. The van der Waals surface area contributed by atoms with Crippen molar-refractivity contribution in [2.45, 2.75) is 19.4 Å². The summed E-state index contributed by atoms with van der Waals surface area (Å²) < 4.78 is 0.409. The standard InChI is InChI=1S/C29H25N3O3S2/c1-19(21-12-6-3-7-13-21)32-28(35)26(37-29(32)36)25-22-14-8-9-15-23(22)31(27(25)34)18-24(33)30-17-16-20-10-4-2-5-11-20/h2-15,19H,16-18H2,1H3,(H,30,33)/b26-25-/t19-/m0/s1. The molecule has 0 bridgehead atoms. The van der Waals surface area contributed by atoms with Gasteiger partial charge in [-0.25, -0.2) is 0 Å². The summed E-state index contributed by atoms with van der Waals surface area (Å²) in [6, 6.07) is 26.5. The molecule has 3 aromatic rings. The first-order chi connectivity index (χ1) is 18.0. The van der Waals surface area contributed by atoms with Gasteiger partial charge in [0.1, 0.15) is 10.9 Å². The molecule has 2 heterocycles. The maximum atomic E-state index is 13.6. The van der Waals surface area contributed by atoms with Crippen molar-refractivity contribution in [2.24, 2.45) is 0 Å². The number of rotatable bonds is 7. The Balaban J connectivity index is 1.37. The summed E-state index contributed by atoms with van der Waals surface area (Å²) in [4.78, 5) is 43.3. The van der Waals surface area contributed by atoms with Crippen molar-refractivity contribution in [3.63, 3.8) is 0 Å². The van der Waals surface area contributed by atoms with E-state index in [4.69, 9.17) is 12.2 Å². The van der Waals surface area contributed by atoms with Gasteiger partial charge in [-0.15, -0.1) is 0 Å². The smallest absolute Gasteiger partial charge is 0.267 e. The Morgan fingerprint density at radius 1 is 0.919 bits per heavy atom. The number of hydrogen-bond donors (Lipinski definition) is 1. The Morgan fingerprint density at radius 3 is 2.30 bits per heavy atom. The predicted molar refractivity (Wildman–Crippen MR) is 151 cm³/mol. The van der Waals surface area contributed by atoms with Crippen molar-refractivity contribution in [1.82, 2.24) is 10.2 Å². The largest absolute Gasteiger partial charge is 0.354 e. The summed E-state index contributed by atoms with van der Waals surface area (Å²) in [5.41, 5.74) is 3.63. The van der Waals surface area contributed by atoms with Crippen LogP contribution in [0.1, 0.15) is 29.7 Å². The molecule has 1 saturated heterocycles. The third-order valence-electron chi connectivity index (χ3n) is 6.50. The fraction of sp³-hybridized carbons (Fsp3) is 0.172. The van der Waals surface area contributed by atoms with Gasteiger partial charge in [0.2, 0.25) is 5.91 Å². The average molecular weight is 528 g/mol. The number of thiocarbonyl (C=S) groups is 1. The Labute approximate surface area is 225 Å². The molecule has 2 aliphatic rings. The topological polar surface area (TPSA) is 69.7 Å². The van der Waals surface area contributed by atoms with E-state index in [9.17, 15) is 14.4 Å². The van der Waals surface area contributed by atoms with E-state index in [1.165, 1.54) is 4.90 Å². The van der Waals surface area contributed by atoms with E-state index in [2.05, 4.69) is 5.32 Å². The number of hydrogen-bond acceptors (Lipinski definition) is 5. The van der Waals surface area contributed by atoms with E-state index < -0.39 is 0 Å². The van der Waals surface area contributed by atoms with E-state index in [1.807, 2.05) is 85.8 Å². The molecule has 0 unspecified atom stereocenters. The number of nitrogens with zero attached hydrogens (tertiary/aromatic N) is 2. The molecule has 1 atom stereocenters. The monoisotopic (exact) mass is 527 g/mol. The predicted octanol–water partition coefficient (Wildman–Crippen LogP) is 4.72. The van der Waals surface area contributed by atoms with E-state index in [0.717, 1.165) is 22.9 Å². The van der Waals surface area contributed by atoms with Gasteiger partial charge in [-0.3, -0.25) is 24.2 Å². The number of para-hydroxylation sites is 1. The summed E-state index contributed by atoms with van der Waals surface area (Å²) in [7, 11) is 0. The highest BCUT2D eigenvalue weighted by Crippen LogP contribution is 2.46. The molecule has 5 rings (SSSR count). The molecular weight excluding hydrogens is 502 g/mol. The highest BCUT2D eigenvalue weighted by Gasteiger charge is 2.43. The molecule has 8 heteroatoms. The minimum atomic E-state index is -0.368. The molecule has 37 heavy (non-hydrogen) atoms. The number of nitrogens with one attached hydrogen (secondary N) is 1. The Bertz CT molecular complexity index is 1410. The number of fused-ring (bicyclic) bond motifs is 1. The van der Waals surface area contributed by atoms with E-state index in [-0.39, 0.29) is 30.3 Å². The summed E-state index contributed by atoms with van der Waals surface area (Å²) >= 11 is 6.72. The van der Waals surface area contributed by atoms with Crippen LogP contribution in [0, 0.1) is 0 Å². The minimum Gasteiger partial charge on any atom is -0.354 e.